The first-order valence-electron chi connectivity index (χ1n) is 9.61. The van der Waals surface area contributed by atoms with Gasteiger partial charge in [-0.25, -0.2) is 10.3 Å². The van der Waals surface area contributed by atoms with Crippen molar-refractivity contribution in [3.63, 3.8) is 0 Å². The molecule has 166 valence electrons. The lowest BCUT2D eigenvalue weighted by Crippen LogP contribution is -2.18. The van der Waals surface area contributed by atoms with Crippen LogP contribution in [0, 0.1) is 0 Å². The maximum atomic E-state index is 12.4. The van der Waals surface area contributed by atoms with Crippen LogP contribution in [0.5, 0.6) is 11.5 Å². The zero-order valence-electron chi connectivity index (χ0n) is 17.1. The average Bonchev–Trinajstić information content (AvgIpc) is 2.80. The van der Waals surface area contributed by atoms with E-state index in [1.165, 1.54) is 11.6 Å². The largest absolute Gasteiger partial charge is 0.497 e. The highest BCUT2D eigenvalue weighted by molar-refractivity contribution is 5.86. The van der Waals surface area contributed by atoms with Crippen molar-refractivity contribution in [2.75, 3.05) is 25.6 Å². The quantitative estimate of drug-likeness (QED) is 0.245. The van der Waals surface area contributed by atoms with Crippen LogP contribution in [0.1, 0.15) is 24.5 Å². The Hall–Kier alpha value is -3.56. The summed E-state index contributed by atoms with van der Waals surface area (Å²) >= 11 is 0. The van der Waals surface area contributed by atoms with Gasteiger partial charge in [0.25, 0.3) is 5.91 Å². The summed E-state index contributed by atoms with van der Waals surface area (Å²) in [5.74, 6) is 0.609. The number of benzene rings is 2. The van der Waals surface area contributed by atoms with Crippen LogP contribution in [0.2, 0.25) is 0 Å². The molecule has 2 aromatic carbocycles. The van der Waals surface area contributed by atoms with Crippen LogP contribution < -0.4 is 20.3 Å². The van der Waals surface area contributed by atoms with Gasteiger partial charge in [0, 0.05) is 11.8 Å². The third kappa shape index (κ3) is 8.37. The number of methoxy groups -OCH3 is 1. The Morgan fingerprint density at radius 3 is 2.35 bits per heavy atom. The van der Waals surface area contributed by atoms with Gasteiger partial charge in [0.15, 0.2) is 0 Å². The standard InChI is InChI=1S/C22H26N2O7/c1-29-18-12-8-17(9-13-18)23-22(27)31-20(4-2-3-5-21(26)24-28)16-6-10-19(11-7-16)30-15-14-25/h3,5-13,20,25,28H,2,4,14-15H2,1H3,(H,23,27)(H,24,26)/b5-3+/t20-/m0/s1. The van der Waals surface area contributed by atoms with Gasteiger partial charge in [-0.1, -0.05) is 18.2 Å². The second-order valence-corrected chi connectivity index (χ2v) is 6.34. The number of anilines is 1. The van der Waals surface area contributed by atoms with Crippen molar-refractivity contribution in [1.29, 1.82) is 0 Å². The molecule has 2 amide bonds. The van der Waals surface area contributed by atoms with E-state index < -0.39 is 18.1 Å². The predicted octanol–water partition coefficient (Wildman–Crippen LogP) is 3.20. The Balaban J connectivity index is 2.05. The van der Waals surface area contributed by atoms with Crippen molar-refractivity contribution in [1.82, 2.24) is 5.48 Å². The number of amides is 2. The minimum Gasteiger partial charge on any atom is -0.497 e. The minimum atomic E-state index is -0.639. The SMILES string of the molecule is COc1ccc(NC(=O)O[C@@H](CC/C=C/C(=O)NO)c2ccc(OCCO)cc2)cc1. The Bertz CT molecular complexity index is 851. The molecular formula is C22H26N2O7. The van der Waals surface area contributed by atoms with Crippen LogP contribution in [-0.4, -0.2) is 42.6 Å². The van der Waals surface area contributed by atoms with E-state index in [0.717, 1.165) is 5.56 Å². The van der Waals surface area contributed by atoms with Crippen molar-refractivity contribution >= 4 is 17.7 Å². The Kier molecular flexibility index (Phi) is 9.86. The molecule has 31 heavy (non-hydrogen) atoms. The maximum Gasteiger partial charge on any atom is 0.412 e. The van der Waals surface area contributed by atoms with Crippen LogP contribution in [0.4, 0.5) is 10.5 Å². The molecule has 0 aliphatic carbocycles. The number of carbonyl (C=O) groups excluding carboxylic acids is 2. The third-order valence-corrected chi connectivity index (χ3v) is 4.17. The van der Waals surface area contributed by atoms with Crippen LogP contribution in [0.25, 0.3) is 0 Å². The Morgan fingerprint density at radius 2 is 1.74 bits per heavy atom. The van der Waals surface area contributed by atoms with Crippen LogP contribution >= 0.6 is 0 Å². The van der Waals surface area contributed by atoms with Gasteiger partial charge in [-0.2, -0.15) is 0 Å². The smallest absolute Gasteiger partial charge is 0.412 e. The lowest BCUT2D eigenvalue weighted by molar-refractivity contribution is -0.124. The summed E-state index contributed by atoms with van der Waals surface area (Å²) in [6, 6.07) is 13.8. The number of aliphatic hydroxyl groups is 1. The number of nitrogens with one attached hydrogen (secondary N) is 2. The number of hydrogen-bond donors (Lipinski definition) is 4. The minimum absolute atomic E-state index is 0.0905. The zero-order chi connectivity index (χ0) is 22.5. The van der Waals surface area contributed by atoms with Gasteiger partial charge in [0.05, 0.1) is 13.7 Å². The summed E-state index contributed by atoms with van der Waals surface area (Å²) in [7, 11) is 1.56. The average molecular weight is 430 g/mol. The molecule has 1 atom stereocenters. The number of ether oxygens (including phenoxy) is 3. The van der Waals surface area contributed by atoms with Crippen LogP contribution in [-0.2, 0) is 9.53 Å². The summed E-state index contributed by atoms with van der Waals surface area (Å²) in [5, 5.41) is 20.1. The summed E-state index contributed by atoms with van der Waals surface area (Å²) in [4.78, 5) is 23.5. The predicted molar refractivity (Wildman–Crippen MR) is 113 cm³/mol. The van der Waals surface area contributed by atoms with E-state index in [4.69, 9.17) is 24.5 Å². The zero-order valence-corrected chi connectivity index (χ0v) is 17.1. The van der Waals surface area contributed by atoms with Gasteiger partial charge in [-0.05, 0) is 54.8 Å². The van der Waals surface area contributed by atoms with Crippen molar-refractivity contribution in [2.45, 2.75) is 18.9 Å². The van der Waals surface area contributed by atoms with Gasteiger partial charge in [0.1, 0.15) is 24.2 Å². The lowest BCUT2D eigenvalue weighted by Gasteiger charge is -2.19. The molecule has 0 aliphatic heterocycles. The van der Waals surface area contributed by atoms with E-state index in [9.17, 15) is 9.59 Å². The number of rotatable bonds is 11. The summed E-state index contributed by atoms with van der Waals surface area (Å²) in [6.45, 7) is 0.0913. The molecule has 0 saturated carbocycles. The summed E-state index contributed by atoms with van der Waals surface area (Å²) < 4.78 is 16.0. The molecule has 0 spiro atoms. The van der Waals surface area contributed by atoms with Gasteiger partial charge >= 0.3 is 6.09 Å². The molecule has 0 fully saturated rings. The van der Waals surface area contributed by atoms with Gasteiger partial charge < -0.3 is 19.3 Å². The van der Waals surface area contributed by atoms with E-state index in [2.05, 4.69) is 5.32 Å². The highest BCUT2D eigenvalue weighted by Gasteiger charge is 2.17. The summed E-state index contributed by atoms with van der Waals surface area (Å²) in [5.41, 5.74) is 2.80. The topological polar surface area (TPSA) is 126 Å². The van der Waals surface area contributed by atoms with Gasteiger partial charge in [-0.15, -0.1) is 0 Å². The molecule has 0 heterocycles. The monoisotopic (exact) mass is 430 g/mol. The number of allylic oxidation sites excluding steroid dienone is 1. The van der Waals surface area contributed by atoms with Crippen LogP contribution in [0.3, 0.4) is 0 Å². The normalized spacial score (nSPS) is 11.6. The van der Waals surface area contributed by atoms with E-state index >= 15 is 0 Å². The van der Waals surface area contributed by atoms with Crippen LogP contribution in [0.15, 0.2) is 60.7 Å². The highest BCUT2D eigenvalue weighted by Crippen LogP contribution is 2.26. The first-order chi connectivity index (χ1) is 15.0. The molecule has 2 aromatic rings. The highest BCUT2D eigenvalue weighted by atomic mass is 16.6. The Morgan fingerprint density at radius 1 is 1.06 bits per heavy atom. The number of hydrogen-bond acceptors (Lipinski definition) is 7. The first-order valence-corrected chi connectivity index (χ1v) is 9.61. The number of hydroxylamine groups is 1. The Labute approximate surface area is 180 Å². The second kappa shape index (κ2) is 12.9. The van der Waals surface area contributed by atoms with E-state index in [1.807, 2.05) is 0 Å². The fourth-order valence-corrected chi connectivity index (χ4v) is 2.66. The van der Waals surface area contributed by atoms with E-state index in [1.54, 1.807) is 61.7 Å². The molecule has 0 saturated heterocycles. The molecule has 4 N–H and O–H groups in total. The molecule has 9 nitrogen and oxygen atoms in total. The molecule has 2 rings (SSSR count). The molecule has 0 aliphatic rings. The van der Waals surface area contributed by atoms with E-state index in [-0.39, 0.29) is 13.2 Å². The van der Waals surface area contributed by atoms with Crippen molar-refractivity contribution in [3.8, 4) is 11.5 Å². The molecule has 0 aromatic heterocycles. The third-order valence-electron chi connectivity index (χ3n) is 4.17. The van der Waals surface area contributed by atoms with Crippen molar-refractivity contribution in [3.05, 3.63) is 66.2 Å². The molecule has 0 unspecified atom stereocenters. The maximum absolute atomic E-state index is 12.4. The molecule has 0 bridgehead atoms. The molecule has 9 heteroatoms. The molecule has 0 radical (unpaired) electrons. The van der Waals surface area contributed by atoms with Crippen molar-refractivity contribution in [2.24, 2.45) is 0 Å². The first kappa shape index (κ1) is 23.7. The fraction of sp³-hybridized carbons (Fsp3) is 0.273. The van der Waals surface area contributed by atoms with Gasteiger partial charge in [0.2, 0.25) is 0 Å². The lowest BCUT2D eigenvalue weighted by atomic mass is 10.0. The van der Waals surface area contributed by atoms with E-state index in [0.29, 0.717) is 30.0 Å². The second-order valence-electron chi connectivity index (χ2n) is 6.34. The summed E-state index contributed by atoms with van der Waals surface area (Å²) in [6.07, 6.45) is 2.38. The van der Waals surface area contributed by atoms with Gasteiger partial charge in [-0.3, -0.25) is 15.3 Å². The molecular weight excluding hydrogens is 404 g/mol. The number of carbonyl (C=O) groups is 2. The van der Waals surface area contributed by atoms with Crippen molar-refractivity contribution < 1.29 is 34.1 Å². The number of aliphatic hydroxyl groups excluding tert-OH is 1. The fourth-order valence-electron chi connectivity index (χ4n) is 2.66.